The van der Waals surface area contributed by atoms with Gasteiger partial charge < -0.3 is 9.88 Å². The summed E-state index contributed by atoms with van der Waals surface area (Å²) in [4.78, 5) is 17.9. The van der Waals surface area contributed by atoms with Crippen molar-refractivity contribution in [2.24, 2.45) is 5.41 Å². The average molecular weight is 572 g/mol. The number of alkyl halides is 3. The largest absolute Gasteiger partial charge is 0.416 e. The molecule has 1 heterocycles. The molecule has 0 fully saturated rings. The Morgan fingerprint density at radius 1 is 0.925 bits per heavy atom. The standard InChI is InChI=1S/C30H32F3N3O3S/c1-5-40(38,39)24-13-8-21(9-14-24)18-34-28(37)22-10-15-26-25(17-22)35-27(36(26)19-29(2,3)4)16-20-6-11-23(12-7-20)30(31,32)33/h6-15,17H,5,16,18-19H2,1-4H3,(H,34,37). The molecule has 0 bridgehead atoms. The molecule has 0 saturated heterocycles. The number of fused-ring (bicyclic) bond motifs is 1. The van der Waals surface area contributed by atoms with Gasteiger partial charge in [-0.2, -0.15) is 13.2 Å². The van der Waals surface area contributed by atoms with E-state index >= 15 is 0 Å². The minimum absolute atomic E-state index is 0.0170. The maximum atomic E-state index is 13.0. The van der Waals surface area contributed by atoms with E-state index in [9.17, 15) is 26.4 Å². The Hall–Kier alpha value is -3.66. The van der Waals surface area contributed by atoms with Gasteiger partial charge in [0.2, 0.25) is 0 Å². The number of sulfone groups is 1. The van der Waals surface area contributed by atoms with Crippen LogP contribution < -0.4 is 5.32 Å². The van der Waals surface area contributed by atoms with Crippen molar-refractivity contribution in [2.75, 3.05) is 5.75 Å². The lowest BCUT2D eigenvalue weighted by Crippen LogP contribution is -2.22. The van der Waals surface area contributed by atoms with Crippen molar-refractivity contribution in [3.8, 4) is 0 Å². The van der Waals surface area contributed by atoms with E-state index in [1.807, 2.05) is 6.07 Å². The van der Waals surface area contributed by atoms with E-state index in [0.717, 1.165) is 23.2 Å². The van der Waals surface area contributed by atoms with Crippen LogP contribution >= 0.6 is 0 Å². The predicted octanol–water partition coefficient (Wildman–Crippen LogP) is 6.42. The molecule has 0 aliphatic carbocycles. The lowest BCUT2D eigenvalue weighted by molar-refractivity contribution is -0.137. The Balaban J connectivity index is 1.56. The lowest BCUT2D eigenvalue weighted by atomic mass is 9.96. The molecule has 212 valence electrons. The van der Waals surface area contributed by atoms with Gasteiger partial charge in [-0.05, 0) is 59.0 Å². The number of hydrogen-bond donors (Lipinski definition) is 1. The molecule has 0 aliphatic rings. The second-order valence-electron chi connectivity index (χ2n) is 11.0. The van der Waals surface area contributed by atoms with Crippen LogP contribution in [-0.2, 0) is 35.5 Å². The van der Waals surface area contributed by atoms with Gasteiger partial charge in [0, 0.05) is 25.1 Å². The molecule has 0 atom stereocenters. The molecule has 1 N–H and O–H groups in total. The fourth-order valence-electron chi connectivity index (χ4n) is 4.37. The summed E-state index contributed by atoms with van der Waals surface area (Å²) < 4.78 is 65.0. The van der Waals surface area contributed by atoms with Gasteiger partial charge in [0.1, 0.15) is 5.82 Å². The van der Waals surface area contributed by atoms with E-state index < -0.39 is 21.6 Å². The van der Waals surface area contributed by atoms with E-state index in [-0.39, 0.29) is 28.5 Å². The molecule has 1 amide bonds. The van der Waals surface area contributed by atoms with Gasteiger partial charge >= 0.3 is 6.18 Å². The van der Waals surface area contributed by atoms with E-state index in [2.05, 4.69) is 30.7 Å². The Morgan fingerprint density at radius 3 is 2.12 bits per heavy atom. The number of nitrogens with one attached hydrogen (secondary N) is 1. The average Bonchev–Trinajstić information content (AvgIpc) is 3.21. The first-order valence-electron chi connectivity index (χ1n) is 12.9. The molecule has 0 unspecified atom stereocenters. The highest BCUT2D eigenvalue weighted by molar-refractivity contribution is 7.91. The highest BCUT2D eigenvalue weighted by atomic mass is 32.2. The molecular formula is C30H32F3N3O3S. The summed E-state index contributed by atoms with van der Waals surface area (Å²) in [5, 5.41) is 2.85. The number of nitrogens with zero attached hydrogens (tertiary/aromatic N) is 2. The number of rotatable bonds is 8. The van der Waals surface area contributed by atoms with Gasteiger partial charge in [-0.3, -0.25) is 4.79 Å². The number of aromatic nitrogens is 2. The van der Waals surface area contributed by atoms with Gasteiger partial charge in [0.15, 0.2) is 9.84 Å². The number of hydrogen-bond acceptors (Lipinski definition) is 4. The minimum Gasteiger partial charge on any atom is -0.348 e. The van der Waals surface area contributed by atoms with Gasteiger partial charge in [0.25, 0.3) is 5.91 Å². The molecule has 0 saturated carbocycles. The molecule has 0 aliphatic heterocycles. The first kappa shape index (κ1) is 29.3. The van der Waals surface area contributed by atoms with Gasteiger partial charge in [-0.15, -0.1) is 0 Å². The molecular weight excluding hydrogens is 539 g/mol. The van der Waals surface area contributed by atoms with Crippen LogP contribution in [-0.4, -0.2) is 29.6 Å². The van der Waals surface area contributed by atoms with Gasteiger partial charge in [-0.1, -0.05) is 52.0 Å². The van der Waals surface area contributed by atoms with Crippen molar-refractivity contribution < 1.29 is 26.4 Å². The first-order chi connectivity index (χ1) is 18.7. The first-order valence-corrected chi connectivity index (χ1v) is 14.6. The van der Waals surface area contributed by atoms with Crippen LogP contribution in [0.1, 0.15) is 60.6 Å². The number of amides is 1. The van der Waals surface area contributed by atoms with E-state index in [0.29, 0.717) is 35.4 Å². The summed E-state index contributed by atoms with van der Waals surface area (Å²) in [5.41, 5.74) is 2.54. The Bertz CT molecular complexity index is 1620. The third kappa shape index (κ3) is 6.91. The summed E-state index contributed by atoms with van der Waals surface area (Å²) in [5.74, 6) is 0.412. The van der Waals surface area contributed by atoms with Crippen LogP contribution in [0.4, 0.5) is 13.2 Å². The highest BCUT2D eigenvalue weighted by Crippen LogP contribution is 2.30. The van der Waals surface area contributed by atoms with Crippen molar-refractivity contribution in [3.63, 3.8) is 0 Å². The Kier molecular flexibility index (Phi) is 8.12. The van der Waals surface area contributed by atoms with Gasteiger partial charge in [-0.25, -0.2) is 13.4 Å². The van der Waals surface area contributed by atoms with E-state index in [1.165, 1.54) is 24.3 Å². The van der Waals surface area contributed by atoms with Gasteiger partial charge in [0.05, 0.1) is 27.2 Å². The van der Waals surface area contributed by atoms with Crippen LogP contribution in [0.5, 0.6) is 0 Å². The Morgan fingerprint density at radius 2 is 1.55 bits per heavy atom. The number of benzene rings is 3. The molecule has 6 nitrogen and oxygen atoms in total. The maximum absolute atomic E-state index is 13.0. The molecule has 10 heteroatoms. The van der Waals surface area contributed by atoms with Crippen molar-refractivity contribution >= 4 is 26.8 Å². The third-order valence-electron chi connectivity index (χ3n) is 6.48. The zero-order valence-corrected chi connectivity index (χ0v) is 23.7. The van der Waals surface area contributed by atoms with E-state index in [1.54, 1.807) is 31.2 Å². The normalized spacial score (nSPS) is 12.6. The lowest BCUT2D eigenvalue weighted by Gasteiger charge is -2.21. The van der Waals surface area contributed by atoms with Crippen molar-refractivity contribution in [1.82, 2.24) is 14.9 Å². The molecule has 4 rings (SSSR count). The highest BCUT2D eigenvalue weighted by Gasteiger charge is 2.30. The molecule has 3 aromatic carbocycles. The van der Waals surface area contributed by atoms with Crippen molar-refractivity contribution in [2.45, 2.75) is 58.3 Å². The number of carbonyl (C=O) groups excluding carboxylic acids is 1. The quantitative estimate of drug-likeness (QED) is 0.265. The number of imidazole rings is 1. The third-order valence-corrected chi connectivity index (χ3v) is 8.23. The molecule has 4 aromatic rings. The number of halogens is 3. The molecule has 40 heavy (non-hydrogen) atoms. The van der Waals surface area contributed by atoms with Crippen LogP contribution in [0.25, 0.3) is 11.0 Å². The molecule has 0 spiro atoms. The number of carbonyl (C=O) groups is 1. The second-order valence-corrected chi connectivity index (χ2v) is 13.3. The van der Waals surface area contributed by atoms with Crippen LogP contribution in [0.2, 0.25) is 0 Å². The minimum atomic E-state index is -4.39. The van der Waals surface area contributed by atoms with Crippen LogP contribution in [0.15, 0.2) is 71.6 Å². The zero-order chi connectivity index (χ0) is 29.3. The monoisotopic (exact) mass is 571 g/mol. The van der Waals surface area contributed by atoms with Crippen molar-refractivity contribution in [3.05, 3.63) is 94.8 Å². The second kappa shape index (κ2) is 11.1. The van der Waals surface area contributed by atoms with Crippen LogP contribution in [0.3, 0.4) is 0 Å². The Labute approximate surface area is 232 Å². The maximum Gasteiger partial charge on any atom is 0.416 e. The summed E-state index contributed by atoms with van der Waals surface area (Å²) in [7, 11) is -3.29. The smallest absolute Gasteiger partial charge is 0.348 e. The SMILES string of the molecule is CCS(=O)(=O)c1ccc(CNC(=O)c2ccc3c(c2)nc(Cc2ccc(C(F)(F)F)cc2)n3CC(C)(C)C)cc1. The summed E-state index contributed by atoms with van der Waals surface area (Å²) in [6.45, 7) is 8.71. The summed E-state index contributed by atoms with van der Waals surface area (Å²) in [6, 6.07) is 16.8. The topological polar surface area (TPSA) is 81.1 Å². The fourth-order valence-corrected chi connectivity index (χ4v) is 5.25. The van der Waals surface area contributed by atoms with Crippen molar-refractivity contribution in [1.29, 1.82) is 0 Å². The van der Waals surface area contributed by atoms with Crippen LogP contribution in [0, 0.1) is 5.41 Å². The zero-order valence-electron chi connectivity index (χ0n) is 22.8. The fraction of sp³-hybridized carbons (Fsp3) is 0.333. The predicted molar refractivity (Wildman–Crippen MR) is 149 cm³/mol. The summed E-state index contributed by atoms with van der Waals surface area (Å²) >= 11 is 0. The molecule has 0 radical (unpaired) electrons. The summed E-state index contributed by atoms with van der Waals surface area (Å²) in [6.07, 6.45) is -4.05. The van der Waals surface area contributed by atoms with E-state index in [4.69, 9.17) is 4.98 Å². The molecule has 1 aromatic heterocycles.